The monoisotopic (exact) mass is 406 g/mol. The molecule has 0 radical (unpaired) electrons. The average molecular weight is 406 g/mol. The van der Waals surface area contributed by atoms with Crippen LogP contribution >= 0.6 is 0 Å². The number of rotatable bonds is 3. The van der Waals surface area contributed by atoms with Crippen LogP contribution in [0.1, 0.15) is 21.5 Å². The first-order chi connectivity index (χ1) is 13.6. The third-order valence-electron chi connectivity index (χ3n) is 3.92. The standard InChI is InChI=1S/C20H14F4N2O3/c1-12-10-14(21)3-5-17(12)29-18-11-13(20(22,23)24)2-4-16(18)19(27)25-15-6-8-26(28)9-7-15/h2-11,28H,1H3. The molecule has 0 spiro atoms. The maximum absolute atomic E-state index is 13.3. The van der Waals surface area contributed by atoms with E-state index >= 15 is 0 Å². The molecule has 0 aliphatic rings. The van der Waals surface area contributed by atoms with Gasteiger partial charge in [0.25, 0.3) is 5.91 Å². The fraction of sp³-hybridized carbons (Fsp3) is 0.100. The van der Waals surface area contributed by atoms with Crippen molar-refractivity contribution < 1.29 is 32.3 Å². The van der Waals surface area contributed by atoms with Crippen molar-refractivity contribution in [2.45, 2.75) is 13.1 Å². The lowest BCUT2D eigenvalue weighted by Gasteiger charge is -2.14. The predicted octanol–water partition coefficient (Wildman–Crippen LogP) is 4.73. The Labute approximate surface area is 162 Å². The highest BCUT2D eigenvalue weighted by Gasteiger charge is 2.32. The van der Waals surface area contributed by atoms with Gasteiger partial charge in [-0.1, -0.05) is 0 Å². The summed E-state index contributed by atoms with van der Waals surface area (Å²) in [7, 11) is 0. The normalized spacial score (nSPS) is 11.2. The van der Waals surface area contributed by atoms with E-state index in [1.165, 1.54) is 37.5 Å². The first-order valence-corrected chi connectivity index (χ1v) is 8.25. The number of amides is 1. The van der Waals surface area contributed by atoms with E-state index < -0.39 is 23.5 Å². The molecule has 1 aromatic heterocycles. The Morgan fingerprint density at radius 1 is 1.03 bits per heavy atom. The minimum Gasteiger partial charge on any atom is -0.456 e. The van der Waals surface area contributed by atoms with Gasteiger partial charge in [-0.3, -0.25) is 4.79 Å². The molecule has 0 bridgehead atoms. The summed E-state index contributed by atoms with van der Waals surface area (Å²) in [4.78, 5) is 16.4. The molecule has 0 unspecified atom stereocenters. The van der Waals surface area contributed by atoms with Gasteiger partial charge < -0.3 is 9.94 Å². The number of pyridine rings is 1. The summed E-state index contributed by atoms with van der Waals surface area (Å²) in [5, 5.41) is 9.39. The molecule has 0 saturated carbocycles. The van der Waals surface area contributed by atoms with Crippen LogP contribution in [0.4, 0.5) is 17.6 Å². The van der Waals surface area contributed by atoms with Crippen LogP contribution in [0.5, 0.6) is 11.5 Å². The van der Waals surface area contributed by atoms with Crippen LogP contribution in [0.2, 0.25) is 0 Å². The van der Waals surface area contributed by atoms with Gasteiger partial charge in [0.1, 0.15) is 17.3 Å². The van der Waals surface area contributed by atoms with E-state index in [0.717, 1.165) is 29.0 Å². The molecule has 150 valence electrons. The number of hydrogen-bond acceptors (Lipinski definition) is 3. The van der Waals surface area contributed by atoms with Crippen molar-refractivity contribution >= 4 is 5.91 Å². The largest absolute Gasteiger partial charge is 0.456 e. The quantitative estimate of drug-likeness (QED) is 0.506. The third kappa shape index (κ3) is 4.81. The number of hydrogen-bond donors (Lipinski definition) is 1. The van der Waals surface area contributed by atoms with Crippen LogP contribution in [0, 0.1) is 12.7 Å². The molecule has 9 heteroatoms. The SMILES string of the molecule is Cc1cc(F)ccc1Oc1cc(C(F)(F)F)ccc1C(=O)N=c1ccn(O)cc1. The lowest BCUT2D eigenvalue weighted by atomic mass is 10.1. The van der Waals surface area contributed by atoms with Gasteiger partial charge in [0, 0.05) is 12.4 Å². The zero-order chi connectivity index (χ0) is 21.2. The molecule has 2 aromatic carbocycles. The van der Waals surface area contributed by atoms with Crippen molar-refractivity contribution in [2.75, 3.05) is 0 Å². The number of carbonyl (C=O) groups excluding carboxylic acids is 1. The Morgan fingerprint density at radius 3 is 2.34 bits per heavy atom. The first-order valence-electron chi connectivity index (χ1n) is 8.25. The molecule has 0 aliphatic carbocycles. The van der Waals surface area contributed by atoms with Crippen molar-refractivity contribution in [3.05, 3.63) is 88.8 Å². The lowest BCUT2D eigenvalue weighted by Crippen LogP contribution is -2.10. The van der Waals surface area contributed by atoms with E-state index in [4.69, 9.17) is 4.74 Å². The number of nitrogens with zero attached hydrogens (tertiary/aromatic N) is 2. The van der Waals surface area contributed by atoms with Crippen LogP contribution < -0.4 is 10.1 Å². The van der Waals surface area contributed by atoms with Crippen molar-refractivity contribution in [2.24, 2.45) is 4.99 Å². The van der Waals surface area contributed by atoms with E-state index in [0.29, 0.717) is 11.6 Å². The molecule has 1 amide bonds. The lowest BCUT2D eigenvalue weighted by molar-refractivity contribution is -0.137. The minimum absolute atomic E-state index is 0.0980. The van der Waals surface area contributed by atoms with Crippen LogP contribution in [0.25, 0.3) is 0 Å². The van der Waals surface area contributed by atoms with E-state index in [1.807, 2.05) is 0 Å². The second kappa shape index (κ2) is 7.78. The number of benzene rings is 2. The Morgan fingerprint density at radius 2 is 1.72 bits per heavy atom. The fourth-order valence-corrected chi connectivity index (χ4v) is 2.47. The summed E-state index contributed by atoms with van der Waals surface area (Å²) >= 11 is 0. The van der Waals surface area contributed by atoms with Crippen LogP contribution in [0.15, 0.2) is 65.9 Å². The summed E-state index contributed by atoms with van der Waals surface area (Å²) in [5.41, 5.74) is -0.874. The second-order valence-corrected chi connectivity index (χ2v) is 6.07. The van der Waals surface area contributed by atoms with Gasteiger partial charge in [0.15, 0.2) is 0 Å². The molecular formula is C20H14F4N2O3. The molecule has 0 aliphatic heterocycles. The number of halogens is 4. The highest BCUT2D eigenvalue weighted by atomic mass is 19.4. The van der Waals surface area contributed by atoms with Crippen LogP contribution in [-0.4, -0.2) is 15.8 Å². The second-order valence-electron chi connectivity index (χ2n) is 6.07. The predicted molar refractivity (Wildman–Crippen MR) is 94.2 cm³/mol. The van der Waals surface area contributed by atoms with Crippen molar-refractivity contribution in [3.63, 3.8) is 0 Å². The van der Waals surface area contributed by atoms with Crippen molar-refractivity contribution in [1.82, 2.24) is 4.73 Å². The summed E-state index contributed by atoms with van der Waals surface area (Å²) in [5.74, 6) is -1.64. The number of ether oxygens (including phenoxy) is 1. The topological polar surface area (TPSA) is 63.8 Å². The van der Waals surface area contributed by atoms with Crippen LogP contribution in [0.3, 0.4) is 0 Å². The maximum atomic E-state index is 13.3. The Balaban J connectivity index is 2.07. The van der Waals surface area contributed by atoms with Gasteiger partial charge in [0.2, 0.25) is 0 Å². The number of aryl methyl sites for hydroxylation is 1. The first kappa shape index (κ1) is 20.1. The van der Waals surface area contributed by atoms with E-state index in [-0.39, 0.29) is 22.4 Å². The summed E-state index contributed by atoms with van der Waals surface area (Å²) in [6.07, 6.45) is -2.18. The third-order valence-corrected chi connectivity index (χ3v) is 3.92. The van der Waals surface area contributed by atoms with Crippen LogP contribution in [-0.2, 0) is 6.18 Å². The summed E-state index contributed by atoms with van der Waals surface area (Å²) < 4.78 is 58.9. The fourth-order valence-electron chi connectivity index (χ4n) is 2.47. The number of alkyl halides is 3. The van der Waals surface area contributed by atoms with Gasteiger partial charge in [0.05, 0.1) is 16.5 Å². The van der Waals surface area contributed by atoms with E-state index in [2.05, 4.69) is 4.99 Å². The molecule has 29 heavy (non-hydrogen) atoms. The van der Waals surface area contributed by atoms with Gasteiger partial charge >= 0.3 is 6.18 Å². The zero-order valence-corrected chi connectivity index (χ0v) is 14.9. The Hall–Kier alpha value is -3.62. The molecule has 0 fully saturated rings. The molecular weight excluding hydrogens is 392 g/mol. The highest BCUT2D eigenvalue weighted by molar-refractivity contribution is 5.97. The van der Waals surface area contributed by atoms with E-state index in [1.54, 1.807) is 0 Å². The zero-order valence-electron chi connectivity index (χ0n) is 14.9. The van der Waals surface area contributed by atoms with E-state index in [9.17, 15) is 27.6 Å². The maximum Gasteiger partial charge on any atom is 0.416 e. The van der Waals surface area contributed by atoms with Gasteiger partial charge in [-0.2, -0.15) is 13.2 Å². The Kier molecular flexibility index (Phi) is 5.40. The molecule has 0 atom stereocenters. The summed E-state index contributed by atoms with van der Waals surface area (Å²) in [6.45, 7) is 1.52. The molecule has 1 N–H and O–H groups in total. The molecule has 1 heterocycles. The van der Waals surface area contributed by atoms with Gasteiger partial charge in [-0.15, -0.1) is 0 Å². The van der Waals surface area contributed by atoms with Gasteiger partial charge in [-0.25, -0.2) is 14.1 Å². The molecule has 3 aromatic rings. The molecule has 3 rings (SSSR count). The number of carbonyl (C=O) groups is 1. The smallest absolute Gasteiger partial charge is 0.416 e. The summed E-state index contributed by atoms with van der Waals surface area (Å²) in [6, 6.07) is 8.60. The minimum atomic E-state index is -4.65. The van der Waals surface area contributed by atoms with Crippen molar-refractivity contribution in [1.29, 1.82) is 0 Å². The van der Waals surface area contributed by atoms with Gasteiger partial charge in [-0.05, 0) is 61.0 Å². The van der Waals surface area contributed by atoms with Crippen molar-refractivity contribution in [3.8, 4) is 11.5 Å². The molecule has 0 saturated heterocycles. The number of aromatic nitrogens is 1. The Bertz CT molecular complexity index is 1120. The average Bonchev–Trinajstić information content (AvgIpc) is 2.65. The highest BCUT2D eigenvalue weighted by Crippen LogP contribution is 2.36. The molecule has 5 nitrogen and oxygen atoms in total.